The van der Waals surface area contributed by atoms with E-state index in [0.717, 1.165) is 10.6 Å². The van der Waals surface area contributed by atoms with Crippen LogP contribution in [-0.2, 0) is 6.54 Å². The maximum atomic E-state index is 12.6. The highest BCUT2D eigenvalue weighted by Crippen LogP contribution is 2.22. The largest absolute Gasteiger partial charge is 0.331 e. The summed E-state index contributed by atoms with van der Waals surface area (Å²) in [6, 6.07) is 7.40. The molecule has 3 rings (SSSR count). The van der Waals surface area contributed by atoms with Gasteiger partial charge in [0.2, 0.25) is 0 Å². The third-order valence-electron chi connectivity index (χ3n) is 3.76. The highest BCUT2D eigenvalue weighted by Gasteiger charge is 2.23. The minimum absolute atomic E-state index is 0.119. The molecular formula is C16H16ClN5OS. The Bertz CT molecular complexity index is 833. The topological polar surface area (TPSA) is 63.9 Å². The molecule has 0 saturated heterocycles. The van der Waals surface area contributed by atoms with E-state index in [1.807, 2.05) is 36.6 Å². The number of carbonyl (C=O) groups is 1. The molecule has 0 aliphatic rings. The summed E-state index contributed by atoms with van der Waals surface area (Å²) in [4.78, 5) is 18.4. The number of rotatable bonds is 5. The third-order valence-corrected chi connectivity index (χ3v) is 5.07. The van der Waals surface area contributed by atoms with Crippen LogP contribution in [0.15, 0.2) is 42.0 Å². The van der Waals surface area contributed by atoms with E-state index >= 15 is 0 Å². The molecule has 124 valence electrons. The molecule has 24 heavy (non-hydrogen) atoms. The van der Waals surface area contributed by atoms with E-state index in [2.05, 4.69) is 15.3 Å². The van der Waals surface area contributed by atoms with Crippen LogP contribution in [0.5, 0.6) is 0 Å². The first kappa shape index (κ1) is 16.6. The van der Waals surface area contributed by atoms with Crippen LogP contribution in [-0.4, -0.2) is 37.8 Å². The van der Waals surface area contributed by atoms with E-state index in [1.54, 1.807) is 29.0 Å². The average molecular weight is 362 g/mol. The zero-order chi connectivity index (χ0) is 17.1. The maximum absolute atomic E-state index is 12.6. The molecule has 0 N–H and O–H groups in total. The number of benzene rings is 1. The highest BCUT2D eigenvalue weighted by molar-refractivity contribution is 7.09. The smallest absolute Gasteiger partial charge is 0.276 e. The SMILES string of the molecule is C[C@@H](c1nccs1)N(C)C(=O)c1cn(Cc2ccccc2Cl)nn1. The number of carbonyl (C=O) groups excluding carboxylic acids is 1. The van der Waals surface area contributed by atoms with Gasteiger partial charge < -0.3 is 4.90 Å². The lowest BCUT2D eigenvalue weighted by Gasteiger charge is -2.21. The quantitative estimate of drug-likeness (QED) is 0.699. The molecule has 6 nitrogen and oxygen atoms in total. The van der Waals surface area contributed by atoms with E-state index in [1.165, 1.54) is 11.3 Å². The van der Waals surface area contributed by atoms with Crippen molar-refractivity contribution in [1.82, 2.24) is 24.9 Å². The predicted molar refractivity (Wildman–Crippen MR) is 93.2 cm³/mol. The molecule has 0 unspecified atom stereocenters. The van der Waals surface area contributed by atoms with Crippen LogP contribution in [0.4, 0.5) is 0 Å². The minimum atomic E-state index is -0.192. The first-order valence-corrected chi connectivity index (χ1v) is 8.62. The van der Waals surface area contributed by atoms with Gasteiger partial charge in [0.25, 0.3) is 5.91 Å². The van der Waals surface area contributed by atoms with Gasteiger partial charge in [-0.2, -0.15) is 0 Å². The van der Waals surface area contributed by atoms with Crippen molar-refractivity contribution in [1.29, 1.82) is 0 Å². The first-order chi connectivity index (χ1) is 11.6. The zero-order valence-corrected chi connectivity index (χ0v) is 14.8. The fraction of sp³-hybridized carbons (Fsp3) is 0.250. The lowest BCUT2D eigenvalue weighted by atomic mass is 10.2. The molecule has 1 atom stereocenters. The monoisotopic (exact) mass is 361 g/mol. The highest BCUT2D eigenvalue weighted by atomic mass is 35.5. The number of thiazole rings is 1. The van der Waals surface area contributed by atoms with Gasteiger partial charge in [-0.3, -0.25) is 4.79 Å². The zero-order valence-electron chi connectivity index (χ0n) is 13.3. The van der Waals surface area contributed by atoms with Crippen molar-refractivity contribution in [3.05, 3.63) is 63.3 Å². The van der Waals surface area contributed by atoms with Crippen molar-refractivity contribution in [3.63, 3.8) is 0 Å². The number of nitrogens with zero attached hydrogens (tertiary/aromatic N) is 5. The van der Waals surface area contributed by atoms with Crippen molar-refractivity contribution in [2.24, 2.45) is 0 Å². The second kappa shape index (κ2) is 7.11. The van der Waals surface area contributed by atoms with Crippen molar-refractivity contribution in [2.45, 2.75) is 19.5 Å². The van der Waals surface area contributed by atoms with Crippen LogP contribution >= 0.6 is 22.9 Å². The van der Waals surface area contributed by atoms with Gasteiger partial charge in [0.15, 0.2) is 5.69 Å². The normalized spacial score (nSPS) is 12.1. The molecule has 2 aromatic heterocycles. The molecule has 1 amide bonds. The van der Waals surface area contributed by atoms with Gasteiger partial charge in [0, 0.05) is 23.6 Å². The van der Waals surface area contributed by atoms with Gasteiger partial charge in [0.1, 0.15) is 5.01 Å². The van der Waals surface area contributed by atoms with Crippen molar-refractivity contribution >= 4 is 28.8 Å². The molecule has 0 spiro atoms. The summed E-state index contributed by atoms with van der Waals surface area (Å²) in [6.45, 7) is 2.40. The average Bonchev–Trinajstić information content (AvgIpc) is 3.26. The summed E-state index contributed by atoms with van der Waals surface area (Å²) >= 11 is 7.67. The Morgan fingerprint density at radius 2 is 2.21 bits per heavy atom. The summed E-state index contributed by atoms with van der Waals surface area (Å²) in [5, 5.41) is 11.5. The summed E-state index contributed by atoms with van der Waals surface area (Å²) in [7, 11) is 1.74. The van der Waals surface area contributed by atoms with E-state index < -0.39 is 0 Å². The molecule has 8 heteroatoms. The molecular weight excluding hydrogens is 346 g/mol. The van der Waals surface area contributed by atoms with E-state index in [-0.39, 0.29) is 11.9 Å². The van der Waals surface area contributed by atoms with Crippen LogP contribution in [0, 0.1) is 0 Å². The summed E-state index contributed by atoms with van der Waals surface area (Å²) in [5.41, 5.74) is 1.22. The molecule has 0 fully saturated rings. The summed E-state index contributed by atoms with van der Waals surface area (Å²) in [5.74, 6) is -0.192. The van der Waals surface area contributed by atoms with E-state index in [4.69, 9.17) is 11.6 Å². The van der Waals surface area contributed by atoms with Crippen molar-refractivity contribution < 1.29 is 4.79 Å². The lowest BCUT2D eigenvalue weighted by Crippen LogP contribution is -2.29. The predicted octanol–water partition coefficient (Wildman–Crippen LogP) is 3.27. The number of aromatic nitrogens is 4. The van der Waals surface area contributed by atoms with E-state index in [9.17, 15) is 4.79 Å². The standard InChI is InChI=1S/C16H16ClN5OS/c1-11(15-18-7-8-24-15)21(2)16(23)14-10-22(20-19-14)9-12-5-3-4-6-13(12)17/h3-8,10-11H,9H2,1-2H3/t11-/m0/s1. The Morgan fingerprint density at radius 1 is 1.42 bits per heavy atom. The van der Waals surface area contributed by atoms with Crippen LogP contribution in [0.2, 0.25) is 5.02 Å². The second-order valence-electron chi connectivity index (χ2n) is 5.36. The molecule has 0 saturated carbocycles. The Labute approximate surface area is 148 Å². The van der Waals surface area contributed by atoms with Gasteiger partial charge in [-0.25, -0.2) is 9.67 Å². The number of hydrogen-bond acceptors (Lipinski definition) is 5. The molecule has 0 aliphatic heterocycles. The van der Waals surface area contributed by atoms with Crippen molar-refractivity contribution in [3.8, 4) is 0 Å². The summed E-state index contributed by atoms with van der Waals surface area (Å²) in [6.07, 6.45) is 3.37. The van der Waals surface area contributed by atoms with Crippen molar-refractivity contribution in [2.75, 3.05) is 7.05 Å². The Balaban J connectivity index is 1.73. The van der Waals surface area contributed by atoms with Crippen LogP contribution in [0.25, 0.3) is 0 Å². The van der Waals surface area contributed by atoms with Crippen LogP contribution < -0.4 is 0 Å². The summed E-state index contributed by atoms with van der Waals surface area (Å²) < 4.78 is 1.61. The molecule has 2 heterocycles. The van der Waals surface area contributed by atoms with Gasteiger partial charge in [-0.1, -0.05) is 35.0 Å². The lowest BCUT2D eigenvalue weighted by molar-refractivity contribution is 0.0736. The molecule has 0 aliphatic carbocycles. The van der Waals surface area contributed by atoms with Crippen LogP contribution in [0.1, 0.15) is 34.0 Å². The molecule has 3 aromatic rings. The first-order valence-electron chi connectivity index (χ1n) is 7.36. The molecule has 1 aromatic carbocycles. The van der Waals surface area contributed by atoms with Gasteiger partial charge in [-0.05, 0) is 18.6 Å². The Morgan fingerprint density at radius 3 is 2.92 bits per heavy atom. The number of hydrogen-bond donors (Lipinski definition) is 0. The van der Waals surface area contributed by atoms with Gasteiger partial charge in [-0.15, -0.1) is 16.4 Å². The Hall–Kier alpha value is -2.25. The Kier molecular flexibility index (Phi) is 4.92. The number of halogens is 1. The second-order valence-corrected chi connectivity index (χ2v) is 6.69. The fourth-order valence-corrected chi connectivity index (χ4v) is 3.17. The molecule has 0 bridgehead atoms. The maximum Gasteiger partial charge on any atom is 0.276 e. The fourth-order valence-electron chi connectivity index (χ4n) is 2.24. The number of amides is 1. The van der Waals surface area contributed by atoms with Gasteiger partial charge >= 0.3 is 0 Å². The molecule has 0 radical (unpaired) electrons. The third kappa shape index (κ3) is 3.47. The van der Waals surface area contributed by atoms with Gasteiger partial charge in [0.05, 0.1) is 18.8 Å². The minimum Gasteiger partial charge on any atom is -0.331 e. The van der Waals surface area contributed by atoms with E-state index in [0.29, 0.717) is 17.3 Å². The van der Waals surface area contributed by atoms with Crippen LogP contribution in [0.3, 0.4) is 0 Å².